The smallest absolute Gasteiger partial charge is 0.255 e. The molecule has 1 heterocycles. The van der Waals surface area contributed by atoms with E-state index in [1.165, 1.54) is 31.7 Å². The summed E-state index contributed by atoms with van der Waals surface area (Å²) in [4.78, 5) is 16.3. The molecular formula is C16H22FN3O. The van der Waals surface area contributed by atoms with E-state index in [1.807, 2.05) is 6.92 Å². The molecule has 2 N–H and O–H groups in total. The summed E-state index contributed by atoms with van der Waals surface area (Å²) in [5, 5.41) is 5.97. The Kier molecular flexibility index (Phi) is 4.08. The minimum atomic E-state index is -0.485. The molecule has 4 nitrogen and oxygen atoms in total. The average Bonchev–Trinajstić information content (AvgIpc) is 3.09. The second-order valence-corrected chi connectivity index (χ2v) is 6.22. The number of nitrogens with one attached hydrogen (secondary N) is 2. The highest BCUT2D eigenvalue weighted by atomic mass is 19.1. The predicted octanol–water partition coefficient (Wildman–Crippen LogP) is 2.82. The number of nitrogens with zero attached hydrogens (tertiary/aromatic N) is 1. The normalized spacial score (nSPS) is 26.9. The van der Waals surface area contributed by atoms with Crippen LogP contribution < -0.4 is 10.6 Å². The highest BCUT2D eigenvalue weighted by Crippen LogP contribution is 2.47. The Bertz CT molecular complexity index is 534. The lowest BCUT2D eigenvalue weighted by molar-refractivity contribution is 0.0942. The van der Waals surface area contributed by atoms with Gasteiger partial charge in [0.1, 0.15) is 11.6 Å². The first-order valence-electron chi connectivity index (χ1n) is 7.85. The summed E-state index contributed by atoms with van der Waals surface area (Å²) in [5.74, 6) is 1.96. The van der Waals surface area contributed by atoms with Gasteiger partial charge in [0.2, 0.25) is 0 Å². The van der Waals surface area contributed by atoms with Crippen LogP contribution in [0.2, 0.25) is 0 Å². The number of rotatable bonds is 5. The first-order valence-corrected chi connectivity index (χ1v) is 7.85. The Morgan fingerprint density at radius 1 is 1.43 bits per heavy atom. The molecule has 0 radical (unpaired) electrons. The average molecular weight is 291 g/mol. The van der Waals surface area contributed by atoms with Crippen molar-refractivity contribution in [1.29, 1.82) is 0 Å². The van der Waals surface area contributed by atoms with Crippen LogP contribution in [0.25, 0.3) is 0 Å². The summed E-state index contributed by atoms with van der Waals surface area (Å²) in [7, 11) is 0. The van der Waals surface area contributed by atoms with Gasteiger partial charge in [0, 0.05) is 13.1 Å². The number of anilines is 1. The molecule has 114 valence electrons. The third kappa shape index (κ3) is 3.01. The molecule has 0 spiro atoms. The Balaban J connectivity index is 1.63. The van der Waals surface area contributed by atoms with Crippen molar-refractivity contribution in [3.63, 3.8) is 0 Å². The molecule has 2 aliphatic carbocycles. The molecule has 0 saturated heterocycles. The maximum Gasteiger partial charge on any atom is 0.255 e. The first kappa shape index (κ1) is 14.3. The van der Waals surface area contributed by atoms with Crippen LogP contribution in [0.15, 0.2) is 12.3 Å². The van der Waals surface area contributed by atoms with Gasteiger partial charge in [-0.1, -0.05) is 6.42 Å². The second kappa shape index (κ2) is 6.00. The monoisotopic (exact) mass is 291 g/mol. The van der Waals surface area contributed by atoms with Gasteiger partial charge in [-0.25, -0.2) is 9.37 Å². The third-order valence-electron chi connectivity index (χ3n) is 4.85. The maximum absolute atomic E-state index is 13.3. The predicted molar refractivity (Wildman–Crippen MR) is 79.6 cm³/mol. The van der Waals surface area contributed by atoms with Gasteiger partial charge in [-0.2, -0.15) is 0 Å². The summed E-state index contributed by atoms with van der Waals surface area (Å²) in [6.45, 7) is 3.26. The molecule has 3 rings (SSSR count). The Labute approximate surface area is 124 Å². The quantitative estimate of drug-likeness (QED) is 0.877. The SMILES string of the molecule is CCNc1ncc(F)cc1C(=O)NCC1CC2CCC1C2. The molecule has 5 heteroatoms. The van der Waals surface area contributed by atoms with Crippen molar-refractivity contribution >= 4 is 11.7 Å². The minimum absolute atomic E-state index is 0.235. The number of hydrogen-bond donors (Lipinski definition) is 2. The zero-order chi connectivity index (χ0) is 14.8. The second-order valence-electron chi connectivity index (χ2n) is 6.22. The number of halogens is 1. The summed E-state index contributed by atoms with van der Waals surface area (Å²) in [5.41, 5.74) is 0.292. The van der Waals surface area contributed by atoms with Crippen molar-refractivity contribution in [3.05, 3.63) is 23.6 Å². The van der Waals surface area contributed by atoms with E-state index in [0.29, 0.717) is 30.4 Å². The van der Waals surface area contributed by atoms with Crippen LogP contribution in [0, 0.1) is 23.6 Å². The number of hydrogen-bond acceptors (Lipinski definition) is 3. The Morgan fingerprint density at radius 2 is 2.29 bits per heavy atom. The fourth-order valence-electron chi connectivity index (χ4n) is 3.87. The number of aromatic nitrogens is 1. The van der Waals surface area contributed by atoms with Crippen LogP contribution in [0.1, 0.15) is 43.0 Å². The maximum atomic E-state index is 13.3. The molecule has 2 saturated carbocycles. The van der Waals surface area contributed by atoms with E-state index in [2.05, 4.69) is 15.6 Å². The first-order chi connectivity index (χ1) is 10.2. The van der Waals surface area contributed by atoms with E-state index in [0.717, 1.165) is 18.0 Å². The standard InChI is InChI=1S/C16H22FN3O/c1-2-18-15-14(7-13(17)9-19-15)16(21)20-8-12-6-10-3-4-11(12)5-10/h7,9-12H,2-6,8H2,1H3,(H,18,19)(H,20,21). The fourth-order valence-corrected chi connectivity index (χ4v) is 3.87. The summed E-state index contributed by atoms with van der Waals surface area (Å²) >= 11 is 0. The van der Waals surface area contributed by atoms with Gasteiger partial charge in [-0.05, 0) is 50.0 Å². The van der Waals surface area contributed by atoms with E-state index in [-0.39, 0.29) is 5.91 Å². The lowest BCUT2D eigenvalue weighted by Gasteiger charge is -2.22. The molecule has 2 aliphatic rings. The van der Waals surface area contributed by atoms with Crippen LogP contribution in [0.3, 0.4) is 0 Å². The van der Waals surface area contributed by atoms with Gasteiger partial charge in [0.15, 0.2) is 0 Å². The molecule has 1 aromatic rings. The van der Waals surface area contributed by atoms with Crippen LogP contribution in [0.4, 0.5) is 10.2 Å². The van der Waals surface area contributed by atoms with Crippen LogP contribution >= 0.6 is 0 Å². The van der Waals surface area contributed by atoms with E-state index < -0.39 is 5.82 Å². The minimum Gasteiger partial charge on any atom is -0.370 e. The van der Waals surface area contributed by atoms with Crippen molar-refractivity contribution in [2.75, 3.05) is 18.4 Å². The van der Waals surface area contributed by atoms with Crippen molar-refractivity contribution in [1.82, 2.24) is 10.3 Å². The molecule has 2 bridgehead atoms. The summed E-state index contributed by atoms with van der Waals surface area (Å²) in [6, 6.07) is 1.25. The van der Waals surface area contributed by atoms with Crippen molar-refractivity contribution in [2.45, 2.75) is 32.6 Å². The highest BCUT2D eigenvalue weighted by molar-refractivity contribution is 5.98. The molecule has 1 amide bonds. The largest absolute Gasteiger partial charge is 0.370 e. The fraction of sp³-hybridized carbons (Fsp3) is 0.625. The number of pyridine rings is 1. The number of fused-ring (bicyclic) bond motifs is 2. The van der Waals surface area contributed by atoms with Gasteiger partial charge in [-0.3, -0.25) is 4.79 Å². The van der Waals surface area contributed by atoms with Gasteiger partial charge in [-0.15, -0.1) is 0 Å². The molecule has 3 atom stereocenters. The van der Waals surface area contributed by atoms with E-state index in [9.17, 15) is 9.18 Å². The van der Waals surface area contributed by atoms with Crippen molar-refractivity contribution in [3.8, 4) is 0 Å². The van der Waals surface area contributed by atoms with Crippen molar-refractivity contribution < 1.29 is 9.18 Å². The molecular weight excluding hydrogens is 269 g/mol. The van der Waals surface area contributed by atoms with Gasteiger partial charge >= 0.3 is 0 Å². The van der Waals surface area contributed by atoms with Crippen LogP contribution in [-0.4, -0.2) is 24.0 Å². The lowest BCUT2D eigenvalue weighted by Crippen LogP contribution is -2.32. The summed E-state index contributed by atoms with van der Waals surface area (Å²) in [6.07, 6.45) is 6.34. The topological polar surface area (TPSA) is 54.0 Å². The van der Waals surface area contributed by atoms with E-state index in [4.69, 9.17) is 0 Å². The third-order valence-corrected chi connectivity index (χ3v) is 4.85. The zero-order valence-corrected chi connectivity index (χ0v) is 12.4. The van der Waals surface area contributed by atoms with Crippen LogP contribution in [0.5, 0.6) is 0 Å². The Hall–Kier alpha value is -1.65. The molecule has 0 aliphatic heterocycles. The van der Waals surface area contributed by atoms with E-state index in [1.54, 1.807) is 0 Å². The van der Waals surface area contributed by atoms with Gasteiger partial charge in [0.25, 0.3) is 5.91 Å². The van der Waals surface area contributed by atoms with E-state index >= 15 is 0 Å². The molecule has 3 unspecified atom stereocenters. The zero-order valence-electron chi connectivity index (χ0n) is 12.4. The number of amides is 1. The van der Waals surface area contributed by atoms with Crippen molar-refractivity contribution in [2.24, 2.45) is 17.8 Å². The van der Waals surface area contributed by atoms with Crippen LogP contribution in [-0.2, 0) is 0 Å². The van der Waals surface area contributed by atoms with Gasteiger partial charge in [0.05, 0.1) is 11.8 Å². The number of carbonyl (C=O) groups excluding carboxylic acids is 1. The summed E-state index contributed by atoms with van der Waals surface area (Å²) < 4.78 is 13.3. The lowest BCUT2D eigenvalue weighted by atomic mass is 9.89. The number of carbonyl (C=O) groups is 1. The molecule has 0 aromatic carbocycles. The molecule has 1 aromatic heterocycles. The molecule has 2 fully saturated rings. The Morgan fingerprint density at radius 3 is 2.95 bits per heavy atom. The van der Waals surface area contributed by atoms with Gasteiger partial charge < -0.3 is 10.6 Å². The molecule has 21 heavy (non-hydrogen) atoms. The highest BCUT2D eigenvalue weighted by Gasteiger charge is 2.39.